The van der Waals surface area contributed by atoms with Gasteiger partial charge in [0.25, 0.3) is 10.0 Å². The smallest absolute Gasteiger partial charge is 0.450 e. The number of halogens is 6. The van der Waals surface area contributed by atoms with Crippen LogP contribution >= 0.6 is 0 Å². The van der Waals surface area contributed by atoms with Crippen molar-refractivity contribution in [2.45, 2.75) is 42.6 Å². The molecule has 14 nitrogen and oxygen atoms in total. The molecule has 2 N–H and O–H groups in total. The summed E-state index contributed by atoms with van der Waals surface area (Å²) >= 11 is -4.19. The fourth-order valence-electron chi connectivity index (χ4n) is 2.66. The summed E-state index contributed by atoms with van der Waals surface area (Å²) in [5.74, 6) is -10.4. The highest BCUT2D eigenvalue weighted by Crippen LogP contribution is 2.51. The van der Waals surface area contributed by atoms with Crippen LogP contribution in [0.15, 0.2) is 36.4 Å². The number of hydrogen-bond acceptors (Lipinski definition) is 12. The van der Waals surface area contributed by atoms with Crippen LogP contribution in [-0.2, 0) is 61.7 Å². The minimum absolute atomic E-state index is 0.0176. The summed E-state index contributed by atoms with van der Waals surface area (Å²) in [5, 5.41) is -11.5. The van der Waals surface area contributed by atoms with Crippen LogP contribution < -0.4 is 13.6 Å². The second-order valence-corrected chi connectivity index (χ2v) is 12.6. The van der Waals surface area contributed by atoms with Crippen molar-refractivity contribution < 1.29 is 80.0 Å². The average Bonchev–Trinajstić information content (AvgIpc) is 2.89. The van der Waals surface area contributed by atoms with Gasteiger partial charge in [-0.25, -0.2) is 13.2 Å². The van der Waals surface area contributed by atoms with Crippen LogP contribution in [0.5, 0.6) is 5.75 Å². The quantitative estimate of drug-likeness (QED) is 0.0548. The van der Waals surface area contributed by atoms with Crippen molar-refractivity contribution in [1.82, 2.24) is 9.44 Å². The van der Waals surface area contributed by atoms with E-state index in [1.165, 1.54) is 6.92 Å². The molecule has 0 saturated carbocycles. The van der Waals surface area contributed by atoms with E-state index in [9.17, 15) is 66.3 Å². The molecule has 0 fully saturated rings. The lowest BCUT2D eigenvalue weighted by molar-refractivity contribution is -0.245. The van der Waals surface area contributed by atoms with Gasteiger partial charge in [0.1, 0.15) is 19.0 Å². The van der Waals surface area contributed by atoms with E-state index >= 15 is 0 Å². The number of carbonyl (C=O) groups is 3. The Balaban J connectivity index is 2.69. The monoisotopic (exact) mass is 705 g/mol. The summed E-state index contributed by atoms with van der Waals surface area (Å²) in [7, 11) is -14.1. The van der Waals surface area contributed by atoms with E-state index in [4.69, 9.17) is 9.47 Å². The van der Waals surface area contributed by atoms with E-state index in [0.29, 0.717) is 12.1 Å². The third-order valence-corrected chi connectivity index (χ3v) is 8.56. The van der Waals surface area contributed by atoms with Gasteiger partial charge < -0.3 is 23.5 Å². The number of ether oxygens (including phenoxy) is 2. The van der Waals surface area contributed by atoms with Crippen LogP contribution in [0.2, 0.25) is 0 Å². The Bertz CT molecular complexity index is 1470. The van der Waals surface area contributed by atoms with E-state index in [1.54, 1.807) is 0 Å². The normalized spacial score (nSPS) is 13.5. The largest absolute Gasteiger partial charge is 0.759 e. The summed E-state index contributed by atoms with van der Waals surface area (Å²) in [5.41, 5.74) is 0.430. The molecule has 0 bridgehead atoms. The standard InChI is InChI=1S/C21H24F6N2O12S3/c1-13(2)18(32)40-12-11-39-17(31)8-7-16(30)28-10-9-14-3-5-15(6-4-14)41-44(37,38)21(26,27)19(22,23)20(24,25)43(35,36)29-42(33)34/h3-6,29H,1,7-12H2,2H3,(H,28,30)(H,33,34)/p-1. The molecular formula is C21H23F6N2O12S3-. The number of esters is 2. The Hall–Kier alpha value is -3.28. The maximum Gasteiger partial charge on any atom is 0.450 e. The van der Waals surface area contributed by atoms with Gasteiger partial charge in [-0.15, -0.1) is 4.13 Å². The number of amides is 1. The molecular weight excluding hydrogens is 682 g/mol. The van der Waals surface area contributed by atoms with Crippen LogP contribution in [0.25, 0.3) is 0 Å². The first-order valence-corrected chi connectivity index (χ1v) is 15.5. The molecule has 0 aromatic heterocycles. The maximum absolute atomic E-state index is 14.1. The van der Waals surface area contributed by atoms with Crippen LogP contribution in [0.1, 0.15) is 25.3 Å². The molecule has 0 aliphatic carbocycles. The van der Waals surface area contributed by atoms with Crippen molar-refractivity contribution in [2.75, 3.05) is 19.8 Å². The molecule has 0 aliphatic heterocycles. The summed E-state index contributed by atoms with van der Waals surface area (Å²) < 4.78 is 163. The molecule has 0 spiro atoms. The lowest BCUT2D eigenvalue weighted by Gasteiger charge is -2.31. The number of nitrogens with one attached hydrogen (secondary N) is 2. The molecule has 0 radical (unpaired) electrons. The summed E-state index contributed by atoms with van der Waals surface area (Å²) in [6.45, 7) is 4.23. The number of rotatable bonds is 18. The Morgan fingerprint density at radius 2 is 1.48 bits per heavy atom. The molecule has 1 unspecified atom stereocenters. The summed E-state index contributed by atoms with van der Waals surface area (Å²) in [6, 6.07) is 3.31. The Morgan fingerprint density at radius 1 is 0.932 bits per heavy atom. The van der Waals surface area contributed by atoms with Crippen molar-refractivity contribution >= 4 is 49.3 Å². The molecule has 1 aromatic carbocycles. The van der Waals surface area contributed by atoms with Crippen molar-refractivity contribution in [2.24, 2.45) is 0 Å². The first kappa shape index (κ1) is 38.7. The van der Waals surface area contributed by atoms with Crippen molar-refractivity contribution in [3.63, 3.8) is 0 Å². The van der Waals surface area contributed by atoms with Gasteiger partial charge in [-0.1, -0.05) is 18.7 Å². The third-order valence-electron chi connectivity index (χ3n) is 4.91. The number of benzene rings is 1. The van der Waals surface area contributed by atoms with Crippen molar-refractivity contribution in [1.29, 1.82) is 0 Å². The first-order chi connectivity index (χ1) is 20.0. The highest BCUT2D eigenvalue weighted by atomic mass is 32.3. The molecule has 1 atom stereocenters. The lowest BCUT2D eigenvalue weighted by atomic mass is 10.1. The molecule has 0 saturated heterocycles. The SMILES string of the molecule is C=C(C)C(=O)OCCOC(=O)CCC(=O)NCCc1ccc(OS(=O)(=O)C(F)(F)C(F)(F)C(F)(F)S(=O)(=O)NS(=O)[O-])cc1. The van der Waals surface area contributed by atoms with Gasteiger partial charge in [-0.2, -0.15) is 34.8 Å². The molecule has 250 valence electrons. The zero-order valence-corrected chi connectivity index (χ0v) is 24.6. The zero-order chi connectivity index (χ0) is 34.1. The van der Waals surface area contributed by atoms with E-state index in [-0.39, 0.29) is 54.3 Å². The van der Waals surface area contributed by atoms with Gasteiger partial charge in [0.05, 0.1) is 6.42 Å². The molecule has 1 amide bonds. The average molecular weight is 706 g/mol. The number of hydrogen-bond donors (Lipinski definition) is 2. The van der Waals surface area contributed by atoms with Gasteiger partial charge in [0, 0.05) is 29.8 Å². The second kappa shape index (κ2) is 15.1. The summed E-state index contributed by atoms with van der Waals surface area (Å²) in [4.78, 5) is 34.6. The van der Waals surface area contributed by atoms with Crippen molar-refractivity contribution in [3.8, 4) is 5.75 Å². The fourth-order valence-corrected chi connectivity index (χ4v) is 5.24. The maximum atomic E-state index is 14.1. The Labute approximate surface area is 248 Å². The van der Waals surface area contributed by atoms with Gasteiger partial charge >= 0.3 is 38.5 Å². The van der Waals surface area contributed by atoms with E-state index in [0.717, 1.165) is 12.1 Å². The Morgan fingerprint density at radius 3 is 2.00 bits per heavy atom. The topological polar surface area (TPSA) is 211 Å². The molecule has 1 aromatic rings. The minimum atomic E-state index is -7.24. The Kier molecular flexibility index (Phi) is 13.3. The predicted molar refractivity (Wildman–Crippen MR) is 134 cm³/mol. The third kappa shape index (κ3) is 9.87. The molecule has 23 heteroatoms. The van der Waals surface area contributed by atoms with Gasteiger partial charge in [-0.3, -0.25) is 13.8 Å². The molecule has 0 aliphatic rings. The van der Waals surface area contributed by atoms with Crippen molar-refractivity contribution in [3.05, 3.63) is 42.0 Å². The predicted octanol–water partition coefficient (Wildman–Crippen LogP) is 1.03. The van der Waals surface area contributed by atoms with E-state index < -0.39 is 71.4 Å². The highest BCUT2D eigenvalue weighted by Gasteiger charge is 2.83. The highest BCUT2D eigenvalue weighted by molar-refractivity contribution is 8.00. The lowest BCUT2D eigenvalue weighted by Crippen LogP contribution is -2.63. The molecule has 0 heterocycles. The summed E-state index contributed by atoms with van der Waals surface area (Å²) in [6.07, 6.45) is -0.598. The number of sulfonamides is 1. The number of alkyl halides is 6. The second-order valence-electron chi connectivity index (χ2n) is 8.35. The number of carbonyl (C=O) groups excluding carboxylic acids is 3. The van der Waals surface area contributed by atoms with E-state index in [1.807, 2.05) is 0 Å². The van der Waals surface area contributed by atoms with Crippen LogP contribution in [-0.4, -0.2) is 79.6 Å². The van der Waals surface area contributed by atoms with Gasteiger partial charge in [0.15, 0.2) is 0 Å². The fraction of sp³-hybridized carbons (Fsp3) is 0.476. The van der Waals surface area contributed by atoms with Crippen LogP contribution in [0.4, 0.5) is 26.3 Å². The molecule has 1 rings (SSSR count). The van der Waals surface area contributed by atoms with Gasteiger partial charge in [-0.05, 0) is 31.0 Å². The first-order valence-electron chi connectivity index (χ1n) is 11.5. The van der Waals surface area contributed by atoms with Crippen LogP contribution in [0.3, 0.4) is 0 Å². The minimum Gasteiger partial charge on any atom is -0.759 e. The molecule has 44 heavy (non-hydrogen) atoms. The zero-order valence-electron chi connectivity index (χ0n) is 22.2. The van der Waals surface area contributed by atoms with Crippen LogP contribution in [0, 0.1) is 0 Å². The van der Waals surface area contributed by atoms with Gasteiger partial charge in [0.2, 0.25) is 5.91 Å². The van der Waals surface area contributed by atoms with E-state index in [2.05, 4.69) is 16.1 Å².